The molecule has 0 aromatic heterocycles. The predicted octanol–water partition coefficient (Wildman–Crippen LogP) is 4.53. The molecule has 2 amide bonds. The first kappa shape index (κ1) is 17.0. The van der Waals surface area contributed by atoms with Crippen LogP contribution in [0.5, 0.6) is 0 Å². The number of rotatable bonds is 3. The fourth-order valence-corrected chi connectivity index (χ4v) is 3.53. The molecule has 0 aliphatic carbocycles. The summed E-state index contributed by atoms with van der Waals surface area (Å²) in [6.45, 7) is 2.05. The van der Waals surface area contributed by atoms with E-state index in [0.717, 1.165) is 17.8 Å². The first-order valence-corrected chi connectivity index (χ1v) is 9.01. The van der Waals surface area contributed by atoms with Gasteiger partial charge in [-0.15, -0.1) is 0 Å². The Morgan fingerprint density at radius 1 is 0.889 bits per heavy atom. The Balaban J connectivity index is 1.59. The molecular formula is C23H20N2O2. The smallest absolute Gasteiger partial charge is 0.258 e. The van der Waals surface area contributed by atoms with Gasteiger partial charge in [-0.05, 0) is 55.3 Å². The Labute approximate surface area is 158 Å². The van der Waals surface area contributed by atoms with Gasteiger partial charge in [0.2, 0.25) is 0 Å². The molecule has 4 heteroatoms. The second-order valence-electron chi connectivity index (χ2n) is 6.76. The van der Waals surface area contributed by atoms with E-state index in [-0.39, 0.29) is 17.9 Å². The van der Waals surface area contributed by atoms with E-state index < -0.39 is 0 Å². The summed E-state index contributed by atoms with van der Waals surface area (Å²) in [5.74, 6) is -0.312. The first-order valence-electron chi connectivity index (χ1n) is 9.01. The summed E-state index contributed by atoms with van der Waals surface area (Å²) in [7, 11) is 0. The number of carbonyl (C=O) groups excluding carboxylic acids is 2. The summed E-state index contributed by atoms with van der Waals surface area (Å²) >= 11 is 0. The van der Waals surface area contributed by atoms with E-state index in [0.29, 0.717) is 11.1 Å². The second kappa shape index (κ2) is 7.08. The minimum atomic E-state index is -0.231. The van der Waals surface area contributed by atoms with Crippen LogP contribution in [0.2, 0.25) is 0 Å². The minimum Gasteiger partial charge on any atom is -0.322 e. The SMILES string of the molecule is CC1Cc2ccccc2N1C(=O)c1cccc(C(=O)Nc2ccccc2)c1. The fraction of sp³-hybridized carbons (Fsp3) is 0.130. The van der Waals surface area contributed by atoms with Crippen LogP contribution >= 0.6 is 0 Å². The molecule has 0 saturated carbocycles. The molecule has 0 spiro atoms. The zero-order chi connectivity index (χ0) is 18.8. The number of nitrogens with zero attached hydrogens (tertiary/aromatic N) is 1. The van der Waals surface area contributed by atoms with E-state index in [1.165, 1.54) is 5.56 Å². The van der Waals surface area contributed by atoms with Crippen molar-refractivity contribution in [2.24, 2.45) is 0 Å². The molecule has 3 aromatic carbocycles. The standard InChI is InChI=1S/C23H20N2O2/c1-16-14-17-8-5-6-13-21(17)25(16)23(27)19-10-7-9-18(15-19)22(26)24-20-11-3-2-4-12-20/h2-13,15-16H,14H2,1H3,(H,24,26). The molecule has 27 heavy (non-hydrogen) atoms. The van der Waals surface area contributed by atoms with Gasteiger partial charge in [0.15, 0.2) is 0 Å². The van der Waals surface area contributed by atoms with Crippen molar-refractivity contribution in [1.29, 1.82) is 0 Å². The van der Waals surface area contributed by atoms with Gasteiger partial charge in [-0.2, -0.15) is 0 Å². The van der Waals surface area contributed by atoms with Gasteiger partial charge < -0.3 is 10.2 Å². The number of para-hydroxylation sites is 2. The highest BCUT2D eigenvalue weighted by Gasteiger charge is 2.31. The zero-order valence-electron chi connectivity index (χ0n) is 15.1. The molecule has 1 aliphatic rings. The van der Waals surface area contributed by atoms with Crippen molar-refractivity contribution >= 4 is 23.2 Å². The Bertz CT molecular complexity index is 998. The van der Waals surface area contributed by atoms with Gasteiger partial charge in [0.05, 0.1) is 0 Å². The van der Waals surface area contributed by atoms with Crippen molar-refractivity contribution in [1.82, 2.24) is 0 Å². The topological polar surface area (TPSA) is 49.4 Å². The summed E-state index contributed by atoms with van der Waals surface area (Å²) < 4.78 is 0. The number of benzene rings is 3. The predicted molar refractivity (Wildman–Crippen MR) is 107 cm³/mol. The highest BCUT2D eigenvalue weighted by molar-refractivity contribution is 6.10. The molecule has 0 fully saturated rings. The third kappa shape index (κ3) is 3.34. The molecule has 1 aliphatic heterocycles. The zero-order valence-corrected chi connectivity index (χ0v) is 15.1. The van der Waals surface area contributed by atoms with Crippen LogP contribution in [0.4, 0.5) is 11.4 Å². The maximum atomic E-state index is 13.1. The van der Waals surface area contributed by atoms with Crippen molar-refractivity contribution in [2.45, 2.75) is 19.4 Å². The van der Waals surface area contributed by atoms with Crippen molar-refractivity contribution in [2.75, 3.05) is 10.2 Å². The van der Waals surface area contributed by atoms with Crippen molar-refractivity contribution in [3.05, 3.63) is 95.6 Å². The number of carbonyl (C=O) groups is 2. The average Bonchev–Trinajstić information content (AvgIpc) is 3.04. The van der Waals surface area contributed by atoms with Gasteiger partial charge >= 0.3 is 0 Å². The maximum absolute atomic E-state index is 13.1. The van der Waals surface area contributed by atoms with Crippen molar-refractivity contribution < 1.29 is 9.59 Å². The van der Waals surface area contributed by atoms with E-state index in [1.807, 2.05) is 60.4 Å². The Morgan fingerprint density at radius 2 is 1.59 bits per heavy atom. The van der Waals surface area contributed by atoms with Gasteiger partial charge in [-0.3, -0.25) is 9.59 Å². The summed E-state index contributed by atoms with van der Waals surface area (Å²) in [5, 5.41) is 2.85. The van der Waals surface area contributed by atoms with Gasteiger partial charge in [-0.25, -0.2) is 0 Å². The minimum absolute atomic E-state index is 0.0817. The Morgan fingerprint density at radius 3 is 2.41 bits per heavy atom. The maximum Gasteiger partial charge on any atom is 0.258 e. The molecule has 3 aromatic rings. The van der Waals surface area contributed by atoms with Gasteiger partial charge in [-0.1, -0.05) is 42.5 Å². The fourth-order valence-electron chi connectivity index (χ4n) is 3.53. The lowest BCUT2D eigenvalue weighted by atomic mass is 10.1. The van der Waals surface area contributed by atoms with Crippen LogP contribution in [0, 0.1) is 0 Å². The van der Waals surface area contributed by atoms with Crippen LogP contribution < -0.4 is 10.2 Å². The lowest BCUT2D eigenvalue weighted by Gasteiger charge is -2.23. The normalized spacial score (nSPS) is 15.3. The summed E-state index contributed by atoms with van der Waals surface area (Å²) in [5.41, 5.74) is 3.83. The summed E-state index contributed by atoms with van der Waals surface area (Å²) in [6.07, 6.45) is 0.843. The van der Waals surface area contributed by atoms with Crippen molar-refractivity contribution in [3.8, 4) is 0 Å². The van der Waals surface area contributed by atoms with Crippen LogP contribution in [0.15, 0.2) is 78.9 Å². The molecule has 0 saturated heterocycles. The number of fused-ring (bicyclic) bond motifs is 1. The Kier molecular flexibility index (Phi) is 4.47. The van der Waals surface area contributed by atoms with E-state index in [1.54, 1.807) is 24.3 Å². The third-order valence-corrected chi connectivity index (χ3v) is 4.83. The first-order chi connectivity index (χ1) is 13.1. The quantitative estimate of drug-likeness (QED) is 0.749. The van der Waals surface area contributed by atoms with E-state index in [2.05, 4.69) is 11.4 Å². The lowest BCUT2D eigenvalue weighted by molar-refractivity contribution is 0.0981. The van der Waals surface area contributed by atoms with Gasteiger partial charge in [0.1, 0.15) is 0 Å². The van der Waals surface area contributed by atoms with E-state index >= 15 is 0 Å². The number of anilines is 2. The average molecular weight is 356 g/mol. The van der Waals surface area contributed by atoms with Gasteiger partial charge in [0.25, 0.3) is 11.8 Å². The number of amides is 2. The van der Waals surface area contributed by atoms with Crippen LogP contribution in [-0.4, -0.2) is 17.9 Å². The molecule has 4 rings (SSSR count). The van der Waals surface area contributed by atoms with Gasteiger partial charge in [0, 0.05) is 28.5 Å². The molecule has 1 heterocycles. The number of hydrogen-bond acceptors (Lipinski definition) is 2. The highest BCUT2D eigenvalue weighted by atomic mass is 16.2. The van der Waals surface area contributed by atoms with Crippen LogP contribution in [0.3, 0.4) is 0 Å². The number of hydrogen-bond donors (Lipinski definition) is 1. The van der Waals surface area contributed by atoms with Crippen molar-refractivity contribution in [3.63, 3.8) is 0 Å². The van der Waals surface area contributed by atoms with E-state index in [4.69, 9.17) is 0 Å². The second-order valence-corrected chi connectivity index (χ2v) is 6.76. The lowest BCUT2D eigenvalue weighted by Crippen LogP contribution is -2.35. The molecule has 4 nitrogen and oxygen atoms in total. The summed E-state index contributed by atoms with van der Waals surface area (Å²) in [6, 6.07) is 24.2. The monoisotopic (exact) mass is 356 g/mol. The molecule has 0 radical (unpaired) electrons. The third-order valence-electron chi connectivity index (χ3n) is 4.83. The summed E-state index contributed by atoms with van der Waals surface area (Å²) in [4.78, 5) is 27.5. The molecular weight excluding hydrogens is 336 g/mol. The molecule has 0 bridgehead atoms. The Hall–Kier alpha value is -3.40. The molecule has 1 N–H and O–H groups in total. The van der Waals surface area contributed by atoms with E-state index in [9.17, 15) is 9.59 Å². The molecule has 134 valence electrons. The van der Waals surface area contributed by atoms with Crippen LogP contribution in [-0.2, 0) is 6.42 Å². The van der Waals surface area contributed by atoms with Crippen LogP contribution in [0.25, 0.3) is 0 Å². The van der Waals surface area contributed by atoms with Crippen LogP contribution in [0.1, 0.15) is 33.2 Å². The highest BCUT2D eigenvalue weighted by Crippen LogP contribution is 2.33. The molecule has 1 unspecified atom stereocenters. The largest absolute Gasteiger partial charge is 0.322 e. The molecule has 1 atom stereocenters. The number of nitrogens with one attached hydrogen (secondary N) is 1.